The standard InChI is InChI=1S/C25H25F5N6O/c1-24(28,25(29,30)22-32-31-15-33(22)2)18-4-3-5-20(9-18)35-14-21-17(10-26)8-16(12-36(21)23(35)37)11-34-7-6-19(27)13-34/h3-5,8-9,12,14-15,19H,6-7,10-11,13H2,1-2H3/t19-,24?/m0/s1. The highest BCUT2D eigenvalue weighted by Crippen LogP contribution is 2.47. The summed E-state index contributed by atoms with van der Waals surface area (Å²) >= 11 is 0. The second kappa shape index (κ2) is 9.09. The first-order chi connectivity index (χ1) is 17.5. The van der Waals surface area contributed by atoms with Crippen LogP contribution in [0.15, 0.2) is 53.8 Å². The normalized spacial score (nSPS) is 18.5. The summed E-state index contributed by atoms with van der Waals surface area (Å²) in [4.78, 5) is 15.2. The largest absolute Gasteiger partial charge is 0.343 e. The van der Waals surface area contributed by atoms with E-state index in [4.69, 9.17) is 0 Å². The second-order valence-corrected chi connectivity index (χ2v) is 9.56. The van der Waals surface area contributed by atoms with Crippen LogP contribution in [0.5, 0.6) is 0 Å². The molecule has 0 N–H and O–H groups in total. The predicted molar refractivity (Wildman–Crippen MR) is 126 cm³/mol. The number of rotatable bonds is 7. The maximum absolute atomic E-state index is 15.7. The fourth-order valence-electron chi connectivity index (χ4n) is 4.79. The van der Waals surface area contributed by atoms with Crippen LogP contribution >= 0.6 is 0 Å². The Balaban J connectivity index is 1.55. The van der Waals surface area contributed by atoms with Crippen molar-refractivity contribution in [2.45, 2.75) is 44.3 Å². The molecule has 1 unspecified atom stereocenters. The third-order valence-electron chi connectivity index (χ3n) is 6.92. The van der Waals surface area contributed by atoms with Crippen molar-refractivity contribution in [3.8, 4) is 5.69 Å². The third-order valence-corrected chi connectivity index (χ3v) is 6.92. The lowest BCUT2D eigenvalue weighted by Gasteiger charge is -2.29. The molecule has 1 aliphatic rings. The third kappa shape index (κ3) is 4.22. The van der Waals surface area contributed by atoms with Gasteiger partial charge in [0.15, 0.2) is 0 Å². The zero-order valence-electron chi connectivity index (χ0n) is 20.2. The van der Waals surface area contributed by atoms with Crippen LogP contribution in [-0.4, -0.2) is 47.9 Å². The molecule has 4 heterocycles. The highest BCUT2D eigenvalue weighted by Gasteiger charge is 2.56. The smallest absolute Gasteiger partial charge is 0.316 e. The van der Waals surface area contributed by atoms with Crippen LogP contribution in [0.2, 0.25) is 0 Å². The Labute approximate surface area is 208 Å². The van der Waals surface area contributed by atoms with Crippen LogP contribution in [0.4, 0.5) is 22.0 Å². The van der Waals surface area contributed by atoms with Crippen LogP contribution in [-0.2, 0) is 31.9 Å². The highest BCUT2D eigenvalue weighted by molar-refractivity contribution is 5.56. The Morgan fingerprint density at radius 3 is 2.59 bits per heavy atom. The van der Waals surface area contributed by atoms with Gasteiger partial charge in [0.1, 0.15) is 19.2 Å². The topological polar surface area (TPSA) is 60.4 Å². The van der Waals surface area contributed by atoms with Gasteiger partial charge in [0.05, 0.1) is 11.2 Å². The fraction of sp³-hybridized carbons (Fsp3) is 0.400. The summed E-state index contributed by atoms with van der Waals surface area (Å²) in [5, 5.41) is 6.80. The Morgan fingerprint density at radius 2 is 1.95 bits per heavy atom. The van der Waals surface area contributed by atoms with Crippen molar-refractivity contribution >= 4 is 5.52 Å². The number of imidazole rings is 1. The maximum atomic E-state index is 15.7. The summed E-state index contributed by atoms with van der Waals surface area (Å²) in [5.41, 5.74) is -2.81. The van der Waals surface area contributed by atoms with Crippen LogP contribution < -0.4 is 5.69 Å². The van der Waals surface area contributed by atoms with E-state index < -0.39 is 36.0 Å². The Morgan fingerprint density at radius 1 is 1.16 bits per heavy atom. The average molecular weight is 521 g/mol. The molecule has 1 saturated heterocycles. The number of benzene rings is 1. The van der Waals surface area contributed by atoms with E-state index in [9.17, 15) is 13.6 Å². The van der Waals surface area contributed by atoms with E-state index in [-0.39, 0.29) is 23.4 Å². The van der Waals surface area contributed by atoms with Gasteiger partial charge in [-0.05, 0) is 42.7 Å². The number of hydrogen-bond donors (Lipinski definition) is 0. The van der Waals surface area contributed by atoms with Gasteiger partial charge in [-0.2, -0.15) is 8.78 Å². The lowest BCUT2D eigenvalue weighted by atomic mass is 9.90. The van der Waals surface area contributed by atoms with Gasteiger partial charge in [0, 0.05) is 44.6 Å². The predicted octanol–water partition coefficient (Wildman–Crippen LogP) is 4.21. The van der Waals surface area contributed by atoms with Crippen molar-refractivity contribution in [1.29, 1.82) is 0 Å². The van der Waals surface area contributed by atoms with Gasteiger partial charge in [0.25, 0.3) is 0 Å². The van der Waals surface area contributed by atoms with Crippen LogP contribution in [0.3, 0.4) is 0 Å². The molecule has 37 heavy (non-hydrogen) atoms. The minimum absolute atomic E-state index is 0.134. The molecule has 3 aromatic heterocycles. The number of aromatic nitrogens is 5. The minimum atomic E-state index is -4.03. The average Bonchev–Trinajstić information content (AvgIpc) is 3.58. The molecule has 12 heteroatoms. The van der Waals surface area contributed by atoms with E-state index in [1.165, 1.54) is 35.8 Å². The van der Waals surface area contributed by atoms with Gasteiger partial charge in [0.2, 0.25) is 11.5 Å². The lowest BCUT2D eigenvalue weighted by Crippen LogP contribution is -2.39. The molecule has 7 nitrogen and oxygen atoms in total. The fourth-order valence-corrected chi connectivity index (χ4v) is 4.79. The van der Waals surface area contributed by atoms with Crippen LogP contribution in [0.25, 0.3) is 11.2 Å². The molecular formula is C25H25F5N6O. The van der Waals surface area contributed by atoms with Crippen LogP contribution in [0.1, 0.15) is 35.9 Å². The van der Waals surface area contributed by atoms with E-state index in [1.54, 1.807) is 12.3 Å². The molecule has 0 saturated carbocycles. The molecule has 0 aliphatic carbocycles. The number of halogens is 5. The van der Waals surface area contributed by atoms with Gasteiger partial charge in [-0.3, -0.25) is 13.9 Å². The van der Waals surface area contributed by atoms with Gasteiger partial charge >= 0.3 is 11.6 Å². The first kappa shape index (κ1) is 25.1. The zero-order valence-corrected chi connectivity index (χ0v) is 20.2. The monoisotopic (exact) mass is 520 g/mol. The van der Waals surface area contributed by atoms with Gasteiger partial charge in [-0.15, -0.1) is 10.2 Å². The molecule has 1 fully saturated rings. The molecule has 0 amide bonds. The molecule has 0 radical (unpaired) electrons. The molecule has 1 aromatic carbocycles. The van der Waals surface area contributed by atoms with E-state index in [1.807, 2.05) is 4.90 Å². The Bertz CT molecular complexity index is 1510. The Kier molecular flexibility index (Phi) is 6.17. The molecular weight excluding hydrogens is 495 g/mol. The number of aryl methyl sites for hydroxylation is 1. The number of likely N-dealkylation sites (tertiary alicyclic amines) is 1. The van der Waals surface area contributed by atoms with Crippen molar-refractivity contribution in [3.63, 3.8) is 0 Å². The van der Waals surface area contributed by atoms with Crippen molar-refractivity contribution < 1.29 is 22.0 Å². The van der Waals surface area contributed by atoms with Gasteiger partial charge in [-0.1, -0.05) is 12.1 Å². The number of pyridine rings is 1. The SMILES string of the molecule is Cn1cnnc1C(F)(F)C(C)(F)c1cccc(-n2cc3c(CF)cc(CN4CC[C@H](F)C4)cn3c2=O)c1. The molecule has 5 rings (SSSR count). The van der Waals surface area contributed by atoms with Crippen LogP contribution in [0, 0.1) is 0 Å². The lowest BCUT2D eigenvalue weighted by molar-refractivity contribution is -0.149. The molecule has 2 atom stereocenters. The minimum Gasteiger partial charge on any atom is -0.316 e. The zero-order chi connectivity index (χ0) is 26.5. The first-order valence-electron chi connectivity index (χ1n) is 11.7. The van der Waals surface area contributed by atoms with E-state index in [0.29, 0.717) is 30.6 Å². The molecule has 1 aliphatic heterocycles. The number of fused-ring (bicyclic) bond motifs is 1. The summed E-state index contributed by atoms with van der Waals surface area (Å²) in [7, 11) is 1.29. The van der Waals surface area contributed by atoms with E-state index in [0.717, 1.165) is 28.5 Å². The van der Waals surface area contributed by atoms with Crippen molar-refractivity contribution in [1.82, 2.24) is 28.6 Å². The maximum Gasteiger partial charge on any atom is 0.343 e. The highest BCUT2D eigenvalue weighted by atomic mass is 19.3. The van der Waals surface area contributed by atoms with E-state index >= 15 is 13.2 Å². The Hall–Kier alpha value is -3.54. The summed E-state index contributed by atoms with van der Waals surface area (Å²) in [6, 6.07) is 6.83. The number of nitrogens with zero attached hydrogens (tertiary/aromatic N) is 6. The summed E-state index contributed by atoms with van der Waals surface area (Å²) in [5.74, 6) is -4.87. The number of alkyl halides is 5. The summed E-state index contributed by atoms with van der Waals surface area (Å²) in [6.45, 7) is 1.08. The molecule has 4 aromatic rings. The van der Waals surface area contributed by atoms with E-state index in [2.05, 4.69) is 10.2 Å². The molecule has 0 bridgehead atoms. The molecule has 0 spiro atoms. The van der Waals surface area contributed by atoms with Crippen molar-refractivity contribution in [2.24, 2.45) is 7.05 Å². The quantitative estimate of drug-likeness (QED) is 0.343. The second-order valence-electron chi connectivity index (χ2n) is 9.56. The summed E-state index contributed by atoms with van der Waals surface area (Å²) in [6.07, 6.45) is 3.52. The number of hydrogen-bond acceptors (Lipinski definition) is 4. The molecule has 196 valence electrons. The van der Waals surface area contributed by atoms with Crippen molar-refractivity contribution in [2.75, 3.05) is 13.1 Å². The first-order valence-corrected chi connectivity index (χ1v) is 11.7. The summed E-state index contributed by atoms with van der Waals surface area (Å²) < 4.78 is 77.0. The van der Waals surface area contributed by atoms with Crippen molar-refractivity contribution in [3.05, 3.63) is 82.1 Å². The van der Waals surface area contributed by atoms with Gasteiger partial charge in [-0.25, -0.2) is 18.0 Å². The van der Waals surface area contributed by atoms with Gasteiger partial charge < -0.3 is 4.57 Å².